The molecule has 0 saturated carbocycles. The van der Waals surface area contributed by atoms with Gasteiger partial charge in [-0.2, -0.15) is 0 Å². The van der Waals surface area contributed by atoms with Crippen molar-refractivity contribution in [2.75, 3.05) is 17.3 Å². The number of anilines is 2. The first-order valence-electron chi connectivity index (χ1n) is 8.31. The summed E-state index contributed by atoms with van der Waals surface area (Å²) in [6.07, 6.45) is 1.33. The molecule has 0 aliphatic carbocycles. The molecule has 3 rings (SSSR count). The van der Waals surface area contributed by atoms with E-state index < -0.39 is 9.73 Å². The molecule has 3 aromatic rings. The highest BCUT2D eigenvalue weighted by atomic mass is 32.2. The average molecular weight is 414 g/mol. The van der Waals surface area contributed by atoms with E-state index in [2.05, 4.69) is 5.32 Å². The predicted octanol–water partition coefficient (Wildman–Crippen LogP) is 4.49. The number of rotatable bonds is 5. The number of nitrogen functional groups attached to an aromatic ring is 1. The Balaban J connectivity index is 1.85. The lowest BCUT2D eigenvalue weighted by Gasteiger charge is -2.10. The van der Waals surface area contributed by atoms with Gasteiger partial charge in [-0.1, -0.05) is 6.07 Å². The number of benzene rings is 2. The fraction of sp³-hybridized carbons (Fsp3) is 0.100. The molecule has 2 aromatic carbocycles. The van der Waals surface area contributed by atoms with Gasteiger partial charge in [0, 0.05) is 21.6 Å². The Morgan fingerprint density at radius 2 is 1.75 bits per heavy atom. The number of carbonyl (C=O) groups excluding carboxylic acids is 2. The van der Waals surface area contributed by atoms with E-state index in [-0.39, 0.29) is 11.7 Å². The zero-order valence-electron chi connectivity index (χ0n) is 15.3. The molecular formula is C20H19N3O3S2. The SMILES string of the molecule is CC(=O)c1ccc(-c2ccc(N)c(NC(=O)c3ccc(S(C)(=N)=O)cc3)c2)s1. The number of ketones is 1. The quantitative estimate of drug-likeness (QED) is 0.422. The summed E-state index contributed by atoms with van der Waals surface area (Å²) in [5.41, 5.74) is 8.09. The van der Waals surface area contributed by atoms with Crippen LogP contribution in [0, 0.1) is 4.78 Å². The number of nitrogens with one attached hydrogen (secondary N) is 2. The maximum absolute atomic E-state index is 12.5. The van der Waals surface area contributed by atoms with Crippen LogP contribution in [0.2, 0.25) is 0 Å². The molecule has 0 fully saturated rings. The lowest BCUT2D eigenvalue weighted by Crippen LogP contribution is -2.13. The summed E-state index contributed by atoms with van der Waals surface area (Å²) < 4.78 is 19.3. The Morgan fingerprint density at radius 1 is 1.07 bits per heavy atom. The van der Waals surface area contributed by atoms with Crippen LogP contribution in [0.25, 0.3) is 10.4 Å². The molecule has 0 radical (unpaired) electrons. The number of hydrogen-bond donors (Lipinski definition) is 3. The van der Waals surface area contributed by atoms with Gasteiger partial charge in [0.2, 0.25) is 0 Å². The van der Waals surface area contributed by atoms with Crippen LogP contribution in [0.15, 0.2) is 59.5 Å². The average Bonchev–Trinajstić information content (AvgIpc) is 3.13. The highest BCUT2D eigenvalue weighted by Crippen LogP contribution is 2.32. The third-order valence-electron chi connectivity index (χ3n) is 4.11. The molecule has 1 atom stereocenters. The van der Waals surface area contributed by atoms with Crippen LogP contribution in [0.3, 0.4) is 0 Å². The standard InChI is InChI=1S/C20H19N3O3S2/c1-12(24)18-9-10-19(27-18)14-5-8-16(21)17(11-14)23-20(25)13-3-6-15(7-4-13)28(2,22)26/h3-11,22H,21H2,1-2H3,(H,23,25). The van der Waals surface area contributed by atoms with Crippen molar-refractivity contribution in [1.82, 2.24) is 0 Å². The molecule has 0 bridgehead atoms. The Labute approximate surface area is 167 Å². The second kappa shape index (κ2) is 7.57. The maximum atomic E-state index is 12.5. The summed E-state index contributed by atoms with van der Waals surface area (Å²) in [7, 11) is -2.83. The minimum absolute atomic E-state index is 0.00682. The largest absolute Gasteiger partial charge is 0.397 e. The van der Waals surface area contributed by atoms with Gasteiger partial charge in [0.25, 0.3) is 5.91 Å². The highest BCUT2D eigenvalue weighted by molar-refractivity contribution is 7.91. The Hall–Kier alpha value is -2.97. The van der Waals surface area contributed by atoms with Gasteiger partial charge >= 0.3 is 0 Å². The second-order valence-corrected chi connectivity index (χ2v) is 9.59. The molecular weight excluding hydrogens is 394 g/mol. The van der Waals surface area contributed by atoms with Crippen molar-refractivity contribution in [3.8, 4) is 10.4 Å². The third-order valence-corrected chi connectivity index (χ3v) is 6.51. The fourth-order valence-corrected chi connectivity index (χ4v) is 4.11. The Bertz CT molecular complexity index is 1160. The first-order valence-corrected chi connectivity index (χ1v) is 11.1. The van der Waals surface area contributed by atoms with Gasteiger partial charge in [-0.05, 0) is 61.0 Å². The number of thiophene rings is 1. The van der Waals surface area contributed by atoms with Crippen LogP contribution < -0.4 is 11.1 Å². The van der Waals surface area contributed by atoms with Crippen molar-refractivity contribution in [3.05, 3.63) is 65.0 Å². The Kier molecular flexibility index (Phi) is 5.35. The summed E-state index contributed by atoms with van der Waals surface area (Å²) in [5.74, 6) is -0.356. The molecule has 8 heteroatoms. The Morgan fingerprint density at radius 3 is 2.32 bits per heavy atom. The van der Waals surface area contributed by atoms with Crippen LogP contribution in [-0.2, 0) is 9.73 Å². The second-order valence-electron chi connectivity index (χ2n) is 6.34. The molecule has 0 aliphatic heterocycles. The van der Waals surface area contributed by atoms with Gasteiger partial charge < -0.3 is 11.1 Å². The van der Waals surface area contributed by atoms with Crippen LogP contribution in [0.5, 0.6) is 0 Å². The number of amides is 1. The van der Waals surface area contributed by atoms with Crippen LogP contribution in [0.4, 0.5) is 11.4 Å². The molecule has 0 spiro atoms. The van der Waals surface area contributed by atoms with Crippen molar-refractivity contribution in [2.45, 2.75) is 11.8 Å². The van der Waals surface area contributed by atoms with Gasteiger partial charge in [-0.15, -0.1) is 11.3 Å². The van der Waals surface area contributed by atoms with Gasteiger partial charge in [-0.25, -0.2) is 8.99 Å². The smallest absolute Gasteiger partial charge is 0.255 e. The molecule has 144 valence electrons. The molecule has 1 heterocycles. The topological polar surface area (TPSA) is 113 Å². The summed E-state index contributed by atoms with van der Waals surface area (Å²) in [5, 5.41) is 2.78. The molecule has 6 nitrogen and oxygen atoms in total. The summed E-state index contributed by atoms with van der Waals surface area (Å²) in [6, 6.07) is 15.0. The van der Waals surface area contributed by atoms with Crippen molar-refractivity contribution >= 4 is 44.1 Å². The number of nitrogens with two attached hydrogens (primary N) is 1. The maximum Gasteiger partial charge on any atom is 0.255 e. The number of carbonyl (C=O) groups is 2. The van der Waals surface area contributed by atoms with E-state index in [4.69, 9.17) is 10.5 Å². The number of hydrogen-bond acceptors (Lipinski definition) is 6. The van der Waals surface area contributed by atoms with Gasteiger partial charge in [-0.3, -0.25) is 9.59 Å². The molecule has 1 amide bonds. The molecule has 0 aliphatic rings. The highest BCUT2D eigenvalue weighted by Gasteiger charge is 2.12. The molecule has 1 unspecified atom stereocenters. The van der Waals surface area contributed by atoms with Gasteiger partial charge in [0.05, 0.1) is 26.0 Å². The summed E-state index contributed by atoms with van der Waals surface area (Å²) in [4.78, 5) is 26.0. The van der Waals surface area contributed by atoms with Crippen molar-refractivity contribution in [3.63, 3.8) is 0 Å². The third kappa shape index (κ3) is 4.29. The molecule has 4 N–H and O–H groups in total. The van der Waals surface area contributed by atoms with E-state index in [9.17, 15) is 13.8 Å². The van der Waals surface area contributed by atoms with Gasteiger partial charge in [0.1, 0.15) is 0 Å². The van der Waals surface area contributed by atoms with Crippen molar-refractivity contribution in [2.24, 2.45) is 0 Å². The zero-order valence-corrected chi connectivity index (χ0v) is 16.9. The summed E-state index contributed by atoms with van der Waals surface area (Å²) in [6.45, 7) is 1.52. The van der Waals surface area contributed by atoms with Crippen LogP contribution >= 0.6 is 11.3 Å². The van der Waals surface area contributed by atoms with Crippen molar-refractivity contribution in [1.29, 1.82) is 4.78 Å². The van der Waals surface area contributed by atoms with E-state index in [0.717, 1.165) is 10.4 Å². The first-order chi connectivity index (χ1) is 13.1. The lowest BCUT2D eigenvalue weighted by atomic mass is 10.1. The van der Waals surface area contributed by atoms with E-state index in [0.29, 0.717) is 26.7 Å². The van der Waals surface area contributed by atoms with E-state index in [1.807, 2.05) is 12.1 Å². The first kappa shape index (κ1) is 19.8. The monoisotopic (exact) mass is 413 g/mol. The van der Waals surface area contributed by atoms with E-state index in [1.54, 1.807) is 18.2 Å². The fourth-order valence-electron chi connectivity index (χ4n) is 2.56. The predicted molar refractivity (Wildman–Crippen MR) is 114 cm³/mol. The van der Waals surface area contributed by atoms with Crippen LogP contribution in [-0.4, -0.2) is 22.2 Å². The number of Topliss-reactive ketones (excluding diaryl/α,β-unsaturated/α-hetero) is 1. The minimum Gasteiger partial charge on any atom is -0.397 e. The van der Waals surface area contributed by atoms with Crippen molar-refractivity contribution < 1.29 is 13.8 Å². The van der Waals surface area contributed by atoms with Gasteiger partial charge in [0.15, 0.2) is 5.78 Å². The summed E-state index contributed by atoms with van der Waals surface area (Å²) >= 11 is 1.38. The minimum atomic E-state index is -2.83. The molecule has 28 heavy (non-hydrogen) atoms. The normalized spacial score (nSPS) is 12.9. The molecule has 0 saturated heterocycles. The van der Waals surface area contributed by atoms with Crippen LogP contribution in [0.1, 0.15) is 27.0 Å². The van der Waals surface area contributed by atoms with E-state index >= 15 is 0 Å². The molecule has 1 aromatic heterocycles. The lowest BCUT2D eigenvalue weighted by molar-refractivity contribution is 0.101. The van der Waals surface area contributed by atoms with E-state index in [1.165, 1.54) is 48.8 Å². The zero-order chi connectivity index (χ0) is 20.5.